The van der Waals surface area contributed by atoms with Gasteiger partial charge < -0.3 is 20.9 Å². The Hall–Kier alpha value is -0.560. The average Bonchev–Trinajstić information content (AvgIpc) is 2.62. The highest BCUT2D eigenvalue weighted by Gasteiger charge is 2.16. The van der Waals surface area contributed by atoms with Crippen LogP contribution >= 0.6 is 37.2 Å². The zero-order valence-electron chi connectivity index (χ0n) is 15.4. The maximum absolute atomic E-state index is 12.0. The van der Waals surface area contributed by atoms with E-state index in [1.807, 2.05) is 30.3 Å². The summed E-state index contributed by atoms with van der Waals surface area (Å²) in [5, 5.41) is 2.94. The molecule has 0 spiro atoms. The number of carbonyl (C=O) groups is 1. The fraction of sp³-hybridized carbons (Fsp3) is 0.611. The van der Waals surface area contributed by atoms with Crippen LogP contribution in [0, 0.1) is 0 Å². The van der Waals surface area contributed by atoms with Crippen LogP contribution in [0.15, 0.2) is 30.3 Å². The molecule has 0 aliphatic carbocycles. The molecule has 1 saturated heterocycles. The van der Waals surface area contributed by atoms with Crippen LogP contribution in [-0.4, -0.2) is 61.5 Å². The Labute approximate surface area is 176 Å². The van der Waals surface area contributed by atoms with Crippen LogP contribution in [0.5, 0.6) is 0 Å². The fourth-order valence-electron chi connectivity index (χ4n) is 2.92. The van der Waals surface area contributed by atoms with Gasteiger partial charge in [-0.05, 0) is 31.5 Å². The van der Waals surface area contributed by atoms with Crippen molar-refractivity contribution in [2.24, 2.45) is 5.73 Å². The molecule has 0 radical (unpaired) electrons. The highest BCUT2D eigenvalue weighted by atomic mass is 35.5. The van der Waals surface area contributed by atoms with E-state index in [1.165, 1.54) is 26.2 Å². The minimum absolute atomic E-state index is 0. The molecular formula is C18H33Cl3N4O. The molecule has 1 aliphatic heterocycles. The fourth-order valence-corrected chi connectivity index (χ4v) is 2.92. The van der Waals surface area contributed by atoms with Gasteiger partial charge in [-0.3, -0.25) is 4.79 Å². The van der Waals surface area contributed by atoms with Crippen LogP contribution < -0.4 is 11.1 Å². The molecule has 2 rings (SSSR count). The van der Waals surface area contributed by atoms with Gasteiger partial charge in [-0.1, -0.05) is 37.3 Å². The van der Waals surface area contributed by atoms with Gasteiger partial charge in [0.15, 0.2) is 0 Å². The van der Waals surface area contributed by atoms with Gasteiger partial charge in [-0.15, -0.1) is 37.2 Å². The zero-order chi connectivity index (χ0) is 16.5. The highest BCUT2D eigenvalue weighted by molar-refractivity contribution is 5.86. The molecule has 1 atom stereocenters. The lowest BCUT2D eigenvalue weighted by Gasteiger charge is -2.33. The Kier molecular flexibility index (Phi) is 16.5. The Balaban J connectivity index is 0. The molecule has 0 aromatic heterocycles. The van der Waals surface area contributed by atoms with Crippen LogP contribution in [0.3, 0.4) is 0 Å². The van der Waals surface area contributed by atoms with Crippen LogP contribution in [0.4, 0.5) is 0 Å². The number of likely N-dealkylation sites (N-methyl/N-ethyl adjacent to an activating group) is 1. The molecule has 0 bridgehead atoms. The molecule has 1 heterocycles. The monoisotopic (exact) mass is 426 g/mol. The quantitative estimate of drug-likeness (QED) is 0.626. The number of rotatable bonds is 8. The van der Waals surface area contributed by atoms with Gasteiger partial charge in [0.1, 0.15) is 6.04 Å². The van der Waals surface area contributed by atoms with E-state index in [0.29, 0.717) is 6.54 Å². The number of piperazine rings is 1. The van der Waals surface area contributed by atoms with Gasteiger partial charge in [-0.2, -0.15) is 0 Å². The van der Waals surface area contributed by atoms with Crippen molar-refractivity contribution < 1.29 is 4.79 Å². The molecule has 152 valence electrons. The van der Waals surface area contributed by atoms with Crippen molar-refractivity contribution in [3.63, 3.8) is 0 Å². The van der Waals surface area contributed by atoms with E-state index < -0.39 is 6.04 Å². The lowest BCUT2D eigenvalue weighted by Crippen LogP contribution is -2.46. The molecular weight excluding hydrogens is 395 g/mol. The van der Waals surface area contributed by atoms with Crippen molar-refractivity contribution in [2.75, 3.05) is 45.8 Å². The Bertz CT molecular complexity index is 471. The first-order chi connectivity index (χ1) is 11.2. The maximum atomic E-state index is 12.0. The number of nitrogens with two attached hydrogens (primary N) is 1. The maximum Gasteiger partial charge on any atom is 0.241 e. The summed E-state index contributed by atoms with van der Waals surface area (Å²) in [6.45, 7) is 9.89. The third-order valence-corrected chi connectivity index (χ3v) is 4.55. The van der Waals surface area contributed by atoms with Crippen molar-refractivity contribution in [1.29, 1.82) is 0 Å². The molecule has 1 aromatic carbocycles. The SMILES string of the molecule is CCN1CCN(CCCCNC(=O)C(N)c2ccccc2)CC1.Cl.Cl.Cl. The van der Waals surface area contributed by atoms with E-state index in [0.717, 1.165) is 31.5 Å². The summed E-state index contributed by atoms with van der Waals surface area (Å²) in [6.07, 6.45) is 2.12. The summed E-state index contributed by atoms with van der Waals surface area (Å²) in [4.78, 5) is 17.0. The predicted octanol–water partition coefficient (Wildman–Crippen LogP) is 2.49. The molecule has 0 saturated carbocycles. The van der Waals surface area contributed by atoms with Crippen molar-refractivity contribution in [1.82, 2.24) is 15.1 Å². The Morgan fingerprint density at radius 1 is 1.04 bits per heavy atom. The van der Waals surface area contributed by atoms with E-state index >= 15 is 0 Å². The van der Waals surface area contributed by atoms with Gasteiger partial charge in [0, 0.05) is 32.7 Å². The smallest absolute Gasteiger partial charge is 0.241 e. The van der Waals surface area contributed by atoms with E-state index in [2.05, 4.69) is 22.0 Å². The van der Waals surface area contributed by atoms with Crippen LogP contribution in [0.25, 0.3) is 0 Å². The number of hydrogen-bond acceptors (Lipinski definition) is 4. The summed E-state index contributed by atoms with van der Waals surface area (Å²) in [7, 11) is 0. The summed E-state index contributed by atoms with van der Waals surface area (Å²) in [6, 6.07) is 8.94. The molecule has 1 unspecified atom stereocenters. The van der Waals surface area contributed by atoms with Gasteiger partial charge in [0.2, 0.25) is 5.91 Å². The Morgan fingerprint density at radius 2 is 1.62 bits per heavy atom. The number of nitrogens with zero attached hydrogens (tertiary/aromatic N) is 2. The molecule has 26 heavy (non-hydrogen) atoms. The standard InChI is InChI=1S/C18H30N4O.3ClH/c1-2-21-12-14-22(15-13-21)11-7-6-10-20-18(23)17(19)16-8-4-3-5-9-16;;;/h3-5,8-9,17H,2,6-7,10-15,19H2,1H3,(H,20,23);3*1H. The Morgan fingerprint density at radius 3 is 2.19 bits per heavy atom. The first-order valence-corrected chi connectivity index (χ1v) is 8.73. The van der Waals surface area contributed by atoms with Crippen molar-refractivity contribution in [3.05, 3.63) is 35.9 Å². The first-order valence-electron chi connectivity index (χ1n) is 8.73. The lowest BCUT2D eigenvalue weighted by atomic mass is 10.1. The van der Waals surface area contributed by atoms with Gasteiger partial charge in [-0.25, -0.2) is 0 Å². The van der Waals surface area contributed by atoms with Crippen molar-refractivity contribution in [3.8, 4) is 0 Å². The molecule has 3 N–H and O–H groups in total. The third kappa shape index (κ3) is 9.40. The van der Waals surface area contributed by atoms with E-state index in [4.69, 9.17) is 5.73 Å². The molecule has 1 aliphatic rings. The number of benzene rings is 1. The summed E-state index contributed by atoms with van der Waals surface area (Å²) in [5.74, 6) is -0.0900. The number of halogens is 3. The molecule has 1 aromatic rings. The van der Waals surface area contributed by atoms with E-state index in [1.54, 1.807) is 0 Å². The zero-order valence-corrected chi connectivity index (χ0v) is 17.9. The second-order valence-electron chi connectivity index (χ2n) is 6.16. The second-order valence-corrected chi connectivity index (χ2v) is 6.16. The summed E-state index contributed by atoms with van der Waals surface area (Å²) >= 11 is 0. The van der Waals surface area contributed by atoms with Crippen molar-refractivity contribution >= 4 is 43.1 Å². The van der Waals surface area contributed by atoms with E-state index in [-0.39, 0.29) is 43.1 Å². The summed E-state index contributed by atoms with van der Waals surface area (Å²) in [5.41, 5.74) is 6.83. The van der Waals surface area contributed by atoms with Crippen LogP contribution in [0.2, 0.25) is 0 Å². The van der Waals surface area contributed by atoms with E-state index in [9.17, 15) is 4.79 Å². The van der Waals surface area contributed by atoms with Crippen LogP contribution in [0.1, 0.15) is 31.4 Å². The lowest BCUT2D eigenvalue weighted by molar-refractivity contribution is -0.122. The second kappa shape index (κ2) is 15.5. The number of amides is 1. The van der Waals surface area contributed by atoms with Gasteiger partial charge >= 0.3 is 0 Å². The minimum atomic E-state index is -0.571. The number of nitrogens with one attached hydrogen (secondary N) is 1. The molecule has 1 fully saturated rings. The normalized spacial score (nSPS) is 15.8. The number of hydrogen-bond donors (Lipinski definition) is 2. The van der Waals surface area contributed by atoms with Gasteiger partial charge in [0.25, 0.3) is 0 Å². The molecule has 8 heteroatoms. The largest absolute Gasteiger partial charge is 0.354 e. The third-order valence-electron chi connectivity index (χ3n) is 4.55. The first kappa shape index (κ1) is 27.7. The van der Waals surface area contributed by atoms with Crippen molar-refractivity contribution in [2.45, 2.75) is 25.8 Å². The number of carbonyl (C=O) groups excluding carboxylic acids is 1. The summed E-state index contributed by atoms with van der Waals surface area (Å²) < 4.78 is 0. The molecule has 5 nitrogen and oxygen atoms in total. The topological polar surface area (TPSA) is 61.6 Å². The van der Waals surface area contributed by atoms with Crippen LogP contribution in [-0.2, 0) is 4.79 Å². The minimum Gasteiger partial charge on any atom is -0.354 e. The highest BCUT2D eigenvalue weighted by Crippen LogP contribution is 2.09. The van der Waals surface area contributed by atoms with Gasteiger partial charge in [0.05, 0.1) is 0 Å². The molecule has 1 amide bonds. The average molecular weight is 428 g/mol. The predicted molar refractivity (Wildman–Crippen MR) is 116 cm³/mol. The number of unbranched alkanes of at least 4 members (excludes halogenated alkanes) is 1.